The zero-order valence-electron chi connectivity index (χ0n) is 17.2. The van der Waals surface area contributed by atoms with Gasteiger partial charge in [-0.25, -0.2) is 8.42 Å². The first-order valence-electron chi connectivity index (χ1n) is 9.52. The minimum absolute atomic E-state index is 0.121. The maximum atomic E-state index is 13.4. The van der Waals surface area contributed by atoms with Crippen molar-refractivity contribution < 1.29 is 17.9 Å². The molecule has 6 nitrogen and oxygen atoms in total. The van der Waals surface area contributed by atoms with Crippen molar-refractivity contribution in [1.82, 2.24) is 0 Å². The molecule has 3 aromatic rings. The molecule has 0 unspecified atom stereocenters. The smallest absolute Gasteiger partial charge is 0.264 e. The highest BCUT2D eigenvalue weighted by Crippen LogP contribution is 2.26. The number of halogens is 1. The number of ether oxygens (including phenoxy) is 1. The summed E-state index contributed by atoms with van der Waals surface area (Å²) in [6.07, 6.45) is 0. The third-order valence-corrected chi connectivity index (χ3v) is 6.85. The summed E-state index contributed by atoms with van der Waals surface area (Å²) in [5, 5.41) is 2.78. The molecule has 0 heterocycles. The van der Waals surface area contributed by atoms with E-state index in [9.17, 15) is 13.2 Å². The van der Waals surface area contributed by atoms with E-state index in [0.29, 0.717) is 18.0 Å². The minimum Gasteiger partial charge on any atom is -0.380 e. The zero-order valence-corrected chi connectivity index (χ0v) is 19.6. The topological polar surface area (TPSA) is 75.7 Å². The van der Waals surface area contributed by atoms with Gasteiger partial charge in [0.2, 0.25) is 5.91 Å². The van der Waals surface area contributed by atoms with Gasteiger partial charge in [0, 0.05) is 17.3 Å². The van der Waals surface area contributed by atoms with Crippen LogP contribution in [0.5, 0.6) is 0 Å². The molecule has 0 atom stereocenters. The van der Waals surface area contributed by atoms with Gasteiger partial charge in [0.1, 0.15) is 6.54 Å². The lowest BCUT2D eigenvalue weighted by atomic mass is 10.2. The number of amides is 1. The van der Waals surface area contributed by atoms with Crippen LogP contribution in [0.2, 0.25) is 0 Å². The molecular formula is C23H23BrN2O4S. The number of carbonyl (C=O) groups is 1. The van der Waals surface area contributed by atoms with E-state index in [4.69, 9.17) is 4.74 Å². The molecule has 162 valence electrons. The number of nitrogens with one attached hydrogen (secondary N) is 1. The van der Waals surface area contributed by atoms with E-state index < -0.39 is 15.9 Å². The zero-order chi connectivity index (χ0) is 22.4. The molecule has 0 bridgehead atoms. The van der Waals surface area contributed by atoms with E-state index in [-0.39, 0.29) is 11.4 Å². The van der Waals surface area contributed by atoms with Crippen LogP contribution < -0.4 is 9.62 Å². The number of rotatable bonds is 8. The molecule has 0 saturated carbocycles. The Morgan fingerprint density at radius 1 is 1.03 bits per heavy atom. The summed E-state index contributed by atoms with van der Waals surface area (Å²) in [4.78, 5) is 12.9. The largest absolute Gasteiger partial charge is 0.380 e. The van der Waals surface area contributed by atoms with Crippen LogP contribution in [-0.2, 0) is 26.2 Å². The highest BCUT2D eigenvalue weighted by atomic mass is 79.9. The fraction of sp³-hybridized carbons (Fsp3) is 0.174. The molecule has 3 rings (SSSR count). The Hall–Kier alpha value is -2.68. The van der Waals surface area contributed by atoms with Crippen molar-refractivity contribution in [2.24, 2.45) is 0 Å². The second-order valence-electron chi connectivity index (χ2n) is 6.98. The summed E-state index contributed by atoms with van der Waals surface area (Å²) >= 11 is 3.35. The van der Waals surface area contributed by atoms with Crippen molar-refractivity contribution >= 4 is 43.2 Å². The lowest BCUT2D eigenvalue weighted by Gasteiger charge is -2.24. The molecule has 8 heteroatoms. The van der Waals surface area contributed by atoms with Crippen LogP contribution in [0.4, 0.5) is 11.4 Å². The SMILES string of the molecule is COCc1cccc(NC(=O)CN(c2ccc(Br)cc2)S(=O)(=O)c2ccc(C)cc2)c1. The quantitative estimate of drug-likeness (QED) is 0.482. The molecule has 0 radical (unpaired) electrons. The van der Waals surface area contributed by atoms with E-state index >= 15 is 0 Å². The van der Waals surface area contributed by atoms with E-state index in [0.717, 1.165) is 19.9 Å². The van der Waals surface area contributed by atoms with Crippen LogP contribution in [0.1, 0.15) is 11.1 Å². The van der Waals surface area contributed by atoms with Gasteiger partial charge in [-0.2, -0.15) is 0 Å². The van der Waals surface area contributed by atoms with Crippen LogP contribution >= 0.6 is 15.9 Å². The molecule has 0 aliphatic carbocycles. The molecule has 31 heavy (non-hydrogen) atoms. The fourth-order valence-electron chi connectivity index (χ4n) is 3.00. The van der Waals surface area contributed by atoms with Crippen LogP contribution in [0, 0.1) is 6.92 Å². The normalized spacial score (nSPS) is 11.2. The van der Waals surface area contributed by atoms with Crippen molar-refractivity contribution in [3.8, 4) is 0 Å². The average Bonchev–Trinajstić information content (AvgIpc) is 2.73. The van der Waals surface area contributed by atoms with E-state index in [2.05, 4.69) is 21.2 Å². The Morgan fingerprint density at radius 3 is 2.35 bits per heavy atom. The molecule has 0 saturated heterocycles. The van der Waals surface area contributed by atoms with Crippen molar-refractivity contribution in [3.63, 3.8) is 0 Å². The number of aryl methyl sites for hydroxylation is 1. The van der Waals surface area contributed by atoms with Crippen LogP contribution in [0.25, 0.3) is 0 Å². The second-order valence-corrected chi connectivity index (χ2v) is 9.76. The lowest BCUT2D eigenvalue weighted by molar-refractivity contribution is -0.114. The Labute approximate surface area is 191 Å². The second kappa shape index (κ2) is 10.1. The minimum atomic E-state index is -3.95. The van der Waals surface area contributed by atoms with Gasteiger partial charge in [-0.15, -0.1) is 0 Å². The number of carbonyl (C=O) groups excluding carboxylic acids is 1. The van der Waals surface area contributed by atoms with Crippen LogP contribution in [0.3, 0.4) is 0 Å². The van der Waals surface area contributed by atoms with Gasteiger partial charge in [0.15, 0.2) is 0 Å². The maximum absolute atomic E-state index is 13.4. The third-order valence-electron chi connectivity index (χ3n) is 4.53. The molecule has 1 amide bonds. The average molecular weight is 503 g/mol. The Balaban J connectivity index is 1.90. The predicted octanol–water partition coefficient (Wildman–Crippen LogP) is 4.74. The highest BCUT2D eigenvalue weighted by molar-refractivity contribution is 9.10. The number of hydrogen-bond acceptors (Lipinski definition) is 4. The summed E-state index contributed by atoms with van der Waals surface area (Å²) < 4.78 is 33.8. The number of hydrogen-bond donors (Lipinski definition) is 1. The molecular weight excluding hydrogens is 480 g/mol. The molecule has 0 aliphatic heterocycles. The number of anilines is 2. The summed E-state index contributed by atoms with van der Waals surface area (Å²) in [5.74, 6) is -0.451. The van der Waals surface area contributed by atoms with Crippen molar-refractivity contribution in [2.45, 2.75) is 18.4 Å². The Morgan fingerprint density at radius 2 is 1.71 bits per heavy atom. The first kappa shape index (κ1) is 23.0. The number of nitrogens with zero attached hydrogens (tertiary/aromatic N) is 1. The predicted molar refractivity (Wildman–Crippen MR) is 126 cm³/mol. The molecule has 1 N–H and O–H groups in total. The third kappa shape index (κ3) is 5.94. The van der Waals surface area contributed by atoms with Gasteiger partial charge in [-0.05, 0) is 61.0 Å². The summed E-state index contributed by atoms with van der Waals surface area (Å²) in [6.45, 7) is 1.93. The fourth-order valence-corrected chi connectivity index (χ4v) is 4.68. The molecule has 0 fully saturated rings. The number of methoxy groups -OCH3 is 1. The van der Waals surface area contributed by atoms with E-state index in [1.165, 1.54) is 0 Å². The summed E-state index contributed by atoms with van der Waals surface area (Å²) in [6, 6.07) is 20.6. The van der Waals surface area contributed by atoms with Gasteiger partial charge in [0.25, 0.3) is 10.0 Å². The van der Waals surface area contributed by atoms with Crippen LogP contribution in [-0.4, -0.2) is 28.0 Å². The van der Waals surface area contributed by atoms with Gasteiger partial charge in [0.05, 0.1) is 17.2 Å². The first-order chi connectivity index (χ1) is 14.8. The van der Waals surface area contributed by atoms with Crippen molar-refractivity contribution in [2.75, 3.05) is 23.3 Å². The maximum Gasteiger partial charge on any atom is 0.264 e. The molecule has 0 spiro atoms. The molecule has 3 aromatic carbocycles. The van der Waals surface area contributed by atoms with E-state index in [1.807, 2.05) is 13.0 Å². The summed E-state index contributed by atoms with van der Waals surface area (Å²) in [7, 11) is -2.36. The number of benzene rings is 3. The van der Waals surface area contributed by atoms with Gasteiger partial charge < -0.3 is 10.1 Å². The Kier molecular flexibility index (Phi) is 7.48. The Bertz CT molecular complexity index is 1150. The first-order valence-corrected chi connectivity index (χ1v) is 11.8. The monoisotopic (exact) mass is 502 g/mol. The van der Waals surface area contributed by atoms with Gasteiger partial charge >= 0.3 is 0 Å². The van der Waals surface area contributed by atoms with E-state index in [1.54, 1.807) is 73.8 Å². The lowest BCUT2D eigenvalue weighted by Crippen LogP contribution is -2.38. The van der Waals surface area contributed by atoms with Crippen LogP contribution in [0.15, 0.2) is 82.2 Å². The summed E-state index contributed by atoms with van der Waals surface area (Å²) in [5.41, 5.74) is 2.82. The van der Waals surface area contributed by atoms with Gasteiger partial charge in [-0.1, -0.05) is 45.8 Å². The number of sulfonamides is 1. The van der Waals surface area contributed by atoms with Crippen molar-refractivity contribution in [1.29, 1.82) is 0 Å². The van der Waals surface area contributed by atoms with Gasteiger partial charge in [-0.3, -0.25) is 9.10 Å². The highest BCUT2D eigenvalue weighted by Gasteiger charge is 2.27. The molecule has 0 aromatic heterocycles. The standard InChI is InChI=1S/C23H23BrN2O4S/c1-17-6-12-22(13-7-17)31(28,29)26(21-10-8-19(24)9-11-21)15-23(27)25-20-5-3-4-18(14-20)16-30-2/h3-14H,15-16H2,1-2H3,(H,25,27). The molecule has 0 aliphatic rings. The van der Waals surface area contributed by atoms with Crippen molar-refractivity contribution in [3.05, 3.63) is 88.4 Å².